The normalized spacial score (nSPS) is 15.9. The molecule has 36 heavy (non-hydrogen) atoms. The number of H-pyrrole nitrogens is 1. The number of likely N-dealkylation sites (tertiary alicyclic amines) is 1. The molecule has 2 unspecified atom stereocenters. The van der Waals surface area contributed by atoms with Crippen LogP contribution < -0.4 is 17.0 Å². The predicted octanol–water partition coefficient (Wildman–Crippen LogP) is 2.87. The number of carbonyl (C=O) groups is 2. The Balaban J connectivity index is 1.62. The zero-order valence-corrected chi connectivity index (χ0v) is 20.8. The number of ether oxygens (including phenoxy) is 1. The third-order valence-corrected chi connectivity index (χ3v) is 6.85. The Bertz CT molecular complexity index is 1380. The molecule has 0 bridgehead atoms. The number of fused-ring (bicyclic) bond motifs is 1. The average Bonchev–Trinajstić information content (AvgIpc) is 2.87. The molecule has 190 valence electrons. The van der Waals surface area contributed by atoms with Gasteiger partial charge in [0.05, 0.1) is 28.9 Å². The summed E-state index contributed by atoms with van der Waals surface area (Å²) in [5.41, 5.74) is 5.67. The Kier molecular flexibility index (Phi) is 7.91. The molecule has 1 fully saturated rings. The lowest BCUT2D eigenvalue weighted by molar-refractivity contribution is -0.133. The minimum absolute atomic E-state index is 0.0775. The van der Waals surface area contributed by atoms with Crippen LogP contribution >= 0.6 is 11.6 Å². The maximum atomic E-state index is 13.1. The number of halogens is 1. The lowest BCUT2D eigenvalue weighted by Crippen LogP contribution is -2.49. The fraction of sp³-hybridized carbons (Fsp3) is 0.385. The number of nitrogens with one attached hydrogen (secondary N) is 1. The molecule has 4 rings (SSSR count). The van der Waals surface area contributed by atoms with E-state index in [2.05, 4.69) is 4.98 Å². The third kappa shape index (κ3) is 5.52. The maximum Gasteiger partial charge on any atom is 0.339 e. The summed E-state index contributed by atoms with van der Waals surface area (Å²) in [4.78, 5) is 55.6. The molecule has 0 spiro atoms. The van der Waals surface area contributed by atoms with Gasteiger partial charge in [-0.15, -0.1) is 0 Å². The lowest BCUT2D eigenvalue weighted by atomic mass is 10.0. The van der Waals surface area contributed by atoms with Gasteiger partial charge in [-0.25, -0.2) is 9.59 Å². The number of aromatic amines is 1. The largest absolute Gasteiger partial charge is 0.442 e. The van der Waals surface area contributed by atoms with E-state index in [1.165, 1.54) is 18.2 Å². The Labute approximate surface area is 212 Å². The standard InChI is InChI=1S/C26H29ClN4O5/c1-2-19(22(28)32)24(30-12-4-3-5-13-30)36-25(34)17-8-11-20-21(14-17)29-26(35)31(23(20)33)15-16-6-9-18(27)10-7-16/h6-11,14,19,24H,2-5,12-13,15H2,1H3,(H2,28,32)(H,29,35). The molecule has 1 amide bonds. The highest BCUT2D eigenvalue weighted by Gasteiger charge is 2.34. The summed E-state index contributed by atoms with van der Waals surface area (Å²) >= 11 is 5.91. The smallest absolute Gasteiger partial charge is 0.339 e. The first-order valence-electron chi connectivity index (χ1n) is 12.0. The van der Waals surface area contributed by atoms with Gasteiger partial charge in [-0.05, 0) is 55.2 Å². The maximum absolute atomic E-state index is 13.1. The summed E-state index contributed by atoms with van der Waals surface area (Å²) in [5, 5.41) is 0.817. The Morgan fingerprint density at radius 3 is 2.42 bits per heavy atom. The molecule has 9 nitrogen and oxygen atoms in total. The van der Waals surface area contributed by atoms with Crippen molar-refractivity contribution >= 4 is 34.4 Å². The first-order chi connectivity index (χ1) is 17.3. The second kappa shape index (κ2) is 11.1. The zero-order valence-electron chi connectivity index (χ0n) is 20.0. The van der Waals surface area contributed by atoms with Crippen LogP contribution in [0.4, 0.5) is 0 Å². The highest BCUT2D eigenvalue weighted by Crippen LogP contribution is 2.23. The van der Waals surface area contributed by atoms with Crippen LogP contribution in [0.1, 0.15) is 48.5 Å². The number of nitrogens with two attached hydrogens (primary N) is 1. The second-order valence-electron chi connectivity index (χ2n) is 9.02. The SMILES string of the molecule is CCC(C(N)=O)C(OC(=O)c1ccc2c(=O)n(Cc3ccc(Cl)cc3)c(=O)[nH]c2c1)N1CCCCC1. The van der Waals surface area contributed by atoms with Gasteiger partial charge in [0.15, 0.2) is 6.23 Å². The van der Waals surface area contributed by atoms with Gasteiger partial charge < -0.3 is 15.5 Å². The highest BCUT2D eigenvalue weighted by atomic mass is 35.5. The van der Waals surface area contributed by atoms with Crippen LogP contribution in [0.3, 0.4) is 0 Å². The van der Waals surface area contributed by atoms with Crippen molar-refractivity contribution in [1.82, 2.24) is 14.5 Å². The lowest BCUT2D eigenvalue weighted by Gasteiger charge is -2.37. The van der Waals surface area contributed by atoms with E-state index in [0.29, 0.717) is 24.5 Å². The summed E-state index contributed by atoms with van der Waals surface area (Å²) in [5.74, 6) is -1.82. The van der Waals surface area contributed by atoms with Gasteiger partial charge in [0.25, 0.3) is 5.56 Å². The molecule has 2 aromatic carbocycles. The number of amides is 1. The summed E-state index contributed by atoms with van der Waals surface area (Å²) in [6, 6.07) is 11.3. The van der Waals surface area contributed by atoms with Crippen molar-refractivity contribution in [3.05, 3.63) is 79.5 Å². The van der Waals surface area contributed by atoms with Crippen molar-refractivity contribution < 1.29 is 14.3 Å². The predicted molar refractivity (Wildman–Crippen MR) is 137 cm³/mol. The third-order valence-electron chi connectivity index (χ3n) is 6.60. The Morgan fingerprint density at radius 1 is 1.08 bits per heavy atom. The number of carbonyl (C=O) groups excluding carboxylic acids is 2. The minimum Gasteiger partial charge on any atom is -0.442 e. The van der Waals surface area contributed by atoms with E-state index < -0.39 is 35.3 Å². The molecule has 3 aromatic rings. The molecular weight excluding hydrogens is 484 g/mol. The van der Waals surface area contributed by atoms with Crippen LogP contribution in [0, 0.1) is 5.92 Å². The molecule has 1 aliphatic rings. The molecule has 1 aromatic heterocycles. The van der Waals surface area contributed by atoms with Crippen molar-refractivity contribution in [2.45, 2.75) is 45.4 Å². The monoisotopic (exact) mass is 512 g/mol. The van der Waals surface area contributed by atoms with Gasteiger partial charge in [0.1, 0.15) is 0 Å². The van der Waals surface area contributed by atoms with Crippen LogP contribution in [0.2, 0.25) is 5.02 Å². The number of rotatable bonds is 8. The van der Waals surface area contributed by atoms with Crippen molar-refractivity contribution in [3.63, 3.8) is 0 Å². The first-order valence-corrected chi connectivity index (χ1v) is 12.4. The molecule has 0 aliphatic carbocycles. The summed E-state index contributed by atoms with van der Waals surface area (Å²) in [7, 11) is 0. The number of hydrogen-bond acceptors (Lipinski definition) is 6. The Hall–Kier alpha value is -3.43. The second-order valence-corrected chi connectivity index (χ2v) is 9.45. The number of esters is 1. The molecule has 2 atom stereocenters. The van der Waals surface area contributed by atoms with Crippen molar-refractivity contribution in [3.8, 4) is 0 Å². The van der Waals surface area contributed by atoms with Crippen molar-refractivity contribution in [2.75, 3.05) is 13.1 Å². The molecule has 0 saturated carbocycles. The number of primary amides is 1. The number of nitrogens with zero attached hydrogens (tertiary/aromatic N) is 2. The van der Waals surface area contributed by atoms with Gasteiger partial charge in [0, 0.05) is 18.1 Å². The molecule has 10 heteroatoms. The van der Waals surface area contributed by atoms with Gasteiger partial charge in [0.2, 0.25) is 5.91 Å². The fourth-order valence-corrected chi connectivity index (χ4v) is 4.73. The van der Waals surface area contributed by atoms with Crippen molar-refractivity contribution in [2.24, 2.45) is 11.7 Å². The summed E-state index contributed by atoms with van der Waals surface area (Å²) < 4.78 is 6.90. The van der Waals surface area contributed by atoms with E-state index in [1.54, 1.807) is 24.3 Å². The quantitative estimate of drug-likeness (QED) is 0.447. The van der Waals surface area contributed by atoms with Gasteiger partial charge >= 0.3 is 11.7 Å². The molecule has 3 N–H and O–H groups in total. The van der Waals surface area contributed by atoms with Crippen LogP contribution in [0.25, 0.3) is 10.9 Å². The van der Waals surface area contributed by atoms with E-state index in [1.807, 2.05) is 11.8 Å². The number of hydrogen-bond donors (Lipinski definition) is 2. The summed E-state index contributed by atoms with van der Waals surface area (Å²) in [6.45, 7) is 3.32. The molecule has 1 saturated heterocycles. The van der Waals surface area contributed by atoms with Crippen LogP contribution in [0.5, 0.6) is 0 Å². The van der Waals surface area contributed by atoms with E-state index in [9.17, 15) is 19.2 Å². The van der Waals surface area contributed by atoms with Crippen LogP contribution in [-0.2, 0) is 16.1 Å². The van der Waals surface area contributed by atoms with Gasteiger partial charge in [-0.1, -0.05) is 37.1 Å². The number of benzene rings is 2. The Morgan fingerprint density at radius 2 is 1.78 bits per heavy atom. The van der Waals surface area contributed by atoms with E-state index >= 15 is 0 Å². The summed E-state index contributed by atoms with van der Waals surface area (Å²) in [6.07, 6.45) is 2.63. The molecule has 1 aliphatic heterocycles. The molecular formula is C26H29ClN4O5. The van der Waals surface area contributed by atoms with E-state index in [-0.39, 0.29) is 23.0 Å². The first kappa shape index (κ1) is 25.7. The topological polar surface area (TPSA) is 127 Å². The van der Waals surface area contributed by atoms with Crippen molar-refractivity contribution in [1.29, 1.82) is 0 Å². The molecule has 2 heterocycles. The minimum atomic E-state index is -0.776. The van der Waals surface area contributed by atoms with E-state index in [4.69, 9.17) is 22.1 Å². The van der Waals surface area contributed by atoms with Gasteiger partial charge in [-0.3, -0.25) is 19.1 Å². The average molecular weight is 513 g/mol. The van der Waals surface area contributed by atoms with Gasteiger partial charge in [-0.2, -0.15) is 0 Å². The zero-order chi connectivity index (χ0) is 25.8. The number of piperidine rings is 1. The molecule has 0 radical (unpaired) electrons. The number of aromatic nitrogens is 2. The van der Waals surface area contributed by atoms with E-state index in [0.717, 1.165) is 29.4 Å². The van der Waals surface area contributed by atoms with Crippen LogP contribution in [-0.4, -0.2) is 45.6 Å². The fourth-order valence-electron chi connectivity index (χ4n) is 4.60. The highest BCUT2D eigenvalue weighted by molar-refractivity contribution is 6.30. The van der Waals surface area contributed by atoms with Crippen LogP contribution in [0.15, 0.2) is 52.1 Å².